The standard InChI is InChI=1S/C56H35NS2/c1-2-11-37(12-3-1)44-18-8-13-39-14-9-19-45(54(39)44)38-25-31-43(32-26-38)57(49-20-10-15-40-27-34-53-56(55(40)49)47-17-5-7-22-51(47)59-53)42-29-23-36(24-30-42)41-28-33-52-48(35-41)46-16-4-6-21-50(46)58-52/h1-35H. The topological polar surface area (TPSA) is 3.24 Å². The van der Waals surface area contributed by atoms with Crippen molar-refractivity contribution < 1.29 is 0 Å². The molecular formula is C56H35NS2. The Kier molecular flexibility index (Phi) is 7.97. The van der Waals surface area contributed by atoms with Crippen molar-refractivity contribution in [2.24, 2.45) is 0 Å². The molecule has 0 aliphatic rings. The summed E-state index contributed by atoms with van der Waals surface area (Å²) in [4.78, 5) is 2.45. The molecule has 0 fully saturated rings. The Morgan fingerprint density at radius 3 is 1.54 bits per heavy atom. The van der Waals surface area contributed by atoms with Crippen LogP contribution in [0, 0.1) is 0 Å². The molecule has 0 bridgehead atoms. The second kappa shape index (κ2) is 13.8. The van der Waals surface area contributed by atoms with Crippen LogP contribution >= 0.6 is 22.7 Å². The van der Waals surface area contributed by atoms with Gasteiger partial charge in [-0.25, -0.2) is 0 Å². The van der Waals surface area contributed by atoms with Gasteiger partial charge in [-0.05, 0) is 110 Å². The summed E-state index contributed by atoms with van der Waals surface area (Å²) < 4.78 is 5.27. The largest absolute Gasteiger partial charge is 0.310 e. The molecule has 59 heavy (non-hydrogen) atoms. The molecule has 1 nitrogen and oxygen atoms in total. The minimum Gasteiger partial charge on any atom is -0.310 e. The monoisotopic (exact) mass is 785 g/mol. The van der Waals surface area contributed by atoms with Crippen LogP contribution in [0.1, 0.15) is 0 Å². The van der Waals surface area contributed by atoms with Gasteiger partial charge in [0.15, 0.2) is 0 Å². The van der Waals surface area contributed by atoms with Crippen LogP contribution in [-0.4, -0.2) is 0 Å². The maximum Gasteiger partial charge on any atom is 0.0546 e. The molecule has 3 heteroatoms. The third-order valence-corrected chi connectivity index (χ3v) is 14.2. The highest BCUT2D eigenvalue weighted by Gasteiger charge is 2.20. The van der Waals surface area contributed by atoms with Crippen molar-refractivity contribution in [1.29, 1.82) is 0 Å². The lowest BCUT2D eigenvalue weighted by Gasteiger charge is -2.28. The summed E-state index contributed by atoms with van der Waals surface area (Å²) in [5, 5.41) is 10.3. The average Bonchev–Trinajstić information content (AvgIpc) is 3.88. The lowest BCUT2D eigenvalue weighted by Crippen LogP contribution is -2.10. The summed E-state index contributed by atoms with van der Waals surface area (Å²) in [5.74, 6) is 0. The summed E-state index contributed by atoms with van der Waals surface area (Å²) in [5.41, 5.74) is 10.7. The quantitative estimate of drug-likeness (QED) is 0.162. The van der Waals surface area contributed by atoms with Crippen LogP contribution < -0.4 is 4.90 Å². The molecule has 0 aliphatic heterocycles. The van der Waals surface area contributed by atoms with E-state index in [9.17, 15) is 0 Å². The Morgan fingerprint density at radius 2 is 0.814 bits per heavy atom. The molecule has 0 atom stereocenters. The van der Waals surface area contributed by atoms with Crippen molar-refractivity contribution in [1.82, 2.24) is 0 Å². The van der Waals surface area contributed by atoms with E-state index in [0.717, 1.165) is 11.4 Å². The highest BCUT2D eigenvalue weighted by atomic mass is 32.1. The number of hydrogen-bond acceptors (Lipinski definition) is 3. The Balaban J connectivity index is 1.03. The van der Waals surface area contributed by atoms with Gasteiger partial charge in [0.25, 0.3) is 0 Å². The second-order valence-electron chi connectivity index (χ2n) is 15.2. The molecule has 0 N–H and O–H groups in total. The maximum absolute atomic E-state index is 2.45. The maximum atomic E-state index is 2.45. The highest BCUT2D eigenvalue weighted by Crippen LogP contribution is 2.47. The predicted molar refractivity (Wildman–Crippen MR) is 258 cm³/mol. The van der Waals surface area contributed by atoms with E-state index < -0.39 is 0 Å². The molecule has 0 radical (unpaired) electrons. The molecular weight excluding hydrogens is 751 g/mol. The predicted octanol–water partition coefficient (Wildman–Crippen LogP) is 17.2. The highest BCUT2D eigenvalue weighted by molar-refractivity contribution is 7.26. The van der Waals surface area contributed by atoms with E-state index in [0.29, 0.717) is 0 Å². The number of thiophene rings is 2. The van der Waals surface area contributed by atoms with Gasteiger partial charge in [0.1, 0.15) is 0 Å². The van der Waals surface area contributed by atoms with Gasteiger partial charge >= 0.3 is 0 Å². The van der Waals surface area contributed by atoms with E-state index in [1.165, 1.54) is 101 Å². The molecule has 2 aromatic heterocycles. The Bertz CT molecular complexity index is 3540. The molecule has 10 aromatic carbocycles. The molecule has 0 aliphatic carbocycles. The molecule has 276 valence electrons. The van der Waals surface area contributed by atoms with Gasteiger partial charge in [0.2, 0.25) is 0 Å². The van der Waals surface area contributed by atoms with Gasteiger partial charge in [-0.2, -0.15) is 0 Å². The smallest absolute Gasteiger partial charge is 0.0546 e. The van der Waals surface area contributed by atoms with Crippen molar-refractivity contribution in [2.45, 2.75) is 0 Å². The second-order valence-corrected chi connectivity index (χ2v) is 17.4. The first-order valence-electron chi connectivity index (χ1n) is 20.1. The van der Waals surface area contributed by atoms with Crippen LogP contribution in [-0.2, 0) is 0 Å². The van der Waals surface area contributed by atoms with Crippen molar-refractivity contribution in [3.05, 3.63) is 212 Å². The van der Waals surface area contributed by atoms with E-state index >= 15 is 0 Å². The number of benzene rings is 10. The molecule has 0 unspecified atom stereocenters. The zero-order valence-electron chi connectivity index (χ0n) is 32.0. The van der Waals surface area contributed by atoms with Gasteiger partial charge in [-0.15, -0.1) is 22.7 Å². The molecule has 12 aromatic rings. The first kappa shape index (κ1) is 34.0. The van der Waals surface area contributed by atoms with Crippen LogP contribution in [0.25, 0.3) is 95.3 Å². The van der Waals surface area contributed by atoms with E-state index in [2.05, 4.69) is 217 Å². The third kappa shape index (κ3) is 5.66. The minimum atomic E-state index is 1.11. The molecule has 0 amide bonds. The fourth-order valence-corrected chi connectivity index (χ4v) is 11.3. The lowest BCUT2D eigenvalue weighted by atomic mass is 9.91. The number of anilines is 3. The number of nitrogens with zero attached hydrogens (tertiary/aromatic N) is 1. The van der Waals surface area contributed by atoms with Crippen LogP contribution in [0.4, 0.5) is 17.1 Å². The van der Waals surface area contributed by atoms with Crippen LogP contribution in [0.2, 0.25) is 0 Å². The number of hydrogen-bond donors (Lipinski definition) is 0. The third-order valence-electron chi connectivity index (χ3n) is 11.9. The zero-order valence-corrected chi connectivity index (χ0v) is 33.6. The fraction of sp³-hybridized carbons (Fsp3) is 0. The summed E-state index contributed by atoms with van der Waals surface area (Å²) in [6, 6.07) is 78.2. The van der Waals surface area contributed by atoms with Crippen molar-refractivity contribution >= 4 is 102 Å². The van der Waals surface area contributed by atoms with Crippen molar-refractivity contribution in [2.75, 3.05) is 4.90 Å². The Morgan fingerprint density at radius 1 is 0.288 bits per heavy atom. The summed E-state index contributed by atoms with van der Waals surface area (Å²) in [6.07, 6.45) is 0. The van der Waals surface area contributed by atoms with E-state index in [-0.39, 0.29) is 0 Å². The van der Waals surface area contributed by atoms with Crippen molar-refractivity contribution in [3.8, 4) is 33.4 Å². The molecule has 12 rings (SSSR count). The van der Waals surface area contributed by atoms with E-state index in [4.69, 9.17) is 0 Å². The summed E-state index contributed by atoms with van der Waals surface area (Å²) >= 11 is 3.74. The van der Waals surface area contributed by atoms with Gasteiger partial charge in [-0.3, -0.25) is 0 Å². The van der Waals surface area contributed by atoms with Crippen LogP contribution in [0.15, 0.2) is 212 Å². The normalized spacial score (nSPS) is 11.7. The van der Waals surface area contributed by atoms with Gasteiger partial charge in [-0.1, -0.05) is 152 Å². The summed E-state index contributed by atoms with van der Waals surface area (Å²) in [7, 11) is 0. The van der Waals surface area contributed by atoms with E-state index in [1.54, 1.807) is 0 Å². The average molecular weight is 786 g/mol. The molecule has 0 saturated carbocycles. The summed E-state index contributed by atoms with van der Waals surface area (Å²) in [6.45, 7) is 0. The lowest BCUT2D eigenvalue weighted by molar-refractivity contribution is 1.30. The SMILES string of the molecule is c1ccc(-c2cccc3cccc(-c4ccc(N(c5ccc(-c6ccc7sc8ccccc8c7c6)cc5)c5cccc6ccc7sc8ccccc8c7c56)cc4)c23)cc1. The Labute approximate surface area is 350 Å². The van der Waals surface area contributed by atoms with Crippen molar-refractivity contribution in [3.63, 3.8) is 0 Å². The minimum absolute atomic E-state index is 1.11. The molecule has 0 saturated heterocycles. The zero-order chi connectivity index (χ0) is 38.9. The number of rotatable bonds is 6. The van der Waals surface area contributed by atoms with E-state index in [1.807, 2.05) is 22.7 Å². The number of fused-ring (bicyclic) bond motifs is 9. The van der Waals surface area contributed by atoms with Gasteiger partial charge < -0.3 is 4.90 Å². The van der Waals surface area contributed by atoms with Gasteiger partial charge in [0.05, 0.1) is 5.69 Å². The molecule has 2 heterocycles. The van der Waals surface area contributed by atoms with Gasteiger partial charge in [0, 0.05) is 57.1 Å². The van der Waals surface area contributed by atoms with Crippen LogP contribution in [0.5, 0.6) is 0 Å². The first-order chi connectivity index (χ1) is 29.2. The Hall–Kier alpha value is -7.04. The first-order valence-corrected chi connectivity index (χ1v) is 21.7. The fourth-order valence-electron chi connectivity index (χ4n) is 9.13. The molecule has 0 spiro atoms. The van der Waals surface area contributed by atoms with Crippen LogP contribution in [0.3, 0.4) is 0 Å².